The van der Waals surface area contributed by atoms with Crippen molar-refractivity contribution in [2.24, 2.45) is 0 Å². The minimum atomic E-state index is -1.55. The van der Waals surface area contributed by atoms with Crippen molar-refractivity contribution in [1.82, 2.24) is 10.6 Å². The lowest BCUT2D eigenvalue weighted by atomic mass is 9.80. The molecule has 0 radical (unpaired) electrons. The summed E-state index contributed by atoms with van der Waals surface area (Å²) in [7, 11) is -1.55. The standard InChI is InChI=1S/C16H22BN3O4S/c21-14(18-11-5-3-4-10(8-11)17(23)24)7-2-1-6-13-15-12(9-25-13)19-16(22)20-15/h3-5,8,12-13,15,23-24H,1-2,6-7,9H2,(H,18,21)(H2,19,20,22)/t12-,13-,15-/m0/s1. The molecule has 0 aromatic heterocycles. The van der Waals surface area contributed by atoms with Crippen LogP contribution in [0.1, 0.15) is 25.7 Å². The summed E-state index contributed by atoms with van der Waals surface area (Å²) in [6.45, 7) is 0. The summed E-state index contributed by atoms with van der Waals surface area (Å²) in [6.07, 6.45) is 3.11. The molecule has 9 heteroatoms. The fourth-order valence-electron chi connectivity index (χ4n) is 3.27. The number of urea groups is 1. The molecule has 7 nitrogen and oxygen atoms in total. The molecule has 2 heterocycles. The summed E-state index contributed by atoms with van der Waals surface area (Å²) < 4.78 is 0. The average Bonchev–Trinajstić information content (AvgIpc) is 3.11. The van der Waals surface area contributed by atoms with E-state index in [-0.39, 0.29) is 24.0 Å². The minimum Gasteiger partial charge on any atom is -0.423 e. The van der Waals surface area contributed by atoms with Crippen LogP contribution in [0.25, 0.3) is 0 Å². The summed E-state index contributed by atoms with van der Waals surface area (Å²) in [5.41, 5.74) is 0.905. The predicted octanol–water partition coefficient (Wildman–Crippen LogP) is 0.0307. The van der Waals surface area contributed by atoms with E-state index in [1.54, 1.807) is 24.3 Å². The Bertz CT molecular complexity index is 646. The molecule has 3 rings (SSSR count). The number of hydrogen-bond donors (Lipinski definition) is 5. The number of anilines is 1. The van der Waals surface area contributed by atoms with E-state index in [1.807, 2.05) is 11.8 Å². The maximum absolute atomic E-state index is 12.0. The molecule has 0 aliphatic carbocycles. The van der Waals surface area contributed by atoms with Crippen LogP contribution < -0.4 is 21.4 Å². The summed E-state index contributed by atoms with van der Waals surface area (Å²) in [5, 5.41) is 27.4. The van der Waals surface area contributed by atoms with Crippen molar-refractivity contribution in [1.29, 1.82) is 0 Å². The molecule has 3 amide bonds. The summed E-state index contributed by atoms with van der Waals surface area (Å²) >= 11 is 1.88. The van der Waals surface area contributed by atoms with E-state index in [0.717, 1.165) is 25.0 Å². The van der Waals surface area contributed by atoms with E-state index in [4.69, 9.17) is 10.0 Å². The van der Waals surface area contributed by atoms with Gasteiger partial charge in [0.2, 0.25) is 5.91 Å². The van der Waals surface area contributed by atoms with Gasteiger partial charge in [-0.15, -0.1) is 0 Å². The summed E-state index contributed by atoms with van der Waals surface area (Å²) in [6, 6.07) is 6.89. The van der Waals surface area contributed by atoms with Gasteiger partial charge in [0, 0.05) is 23.1 Å². The molecule has 1 aromatic rings. The first-order valence-electron chi connectivity index (χ1n) is 8.47. The third-order valence-corrected chi connectivity index (χ3v) is 6.06. The Morgan fingerprint density at radius 1 is 1.32 bits per heavy atom. The number of unbranched alkanes of at least 4 members (excludes halogenated alkanes) is 1. The topological polar surface area (TPSA) is 111 Å². The highest BCUT2D eigenvalue weighted by atomic mass is 32.2. The number of rotatable bonds is 7. The first-order chi connectivity index (χ1) is 12.0. The van der Waals surface area contributed by atoms with Crippen molar-refractivity contribution in [3.63, 3.8) is 0 Å². The van der Waals surface area contributed by atoms with Crippen molar-refractivity contribution < 1.29 is 19.6 Å². The normalized spacial score (nSPS) is 24.4. The van der Waals surface area contributed by atoms with Crippen LogP contribution in [0, 0.1) is 0 Å². The molecule has 2 saturated heterocycles. The fourth-order valence-corrected chi connectivity index (χ4v) is 4.82. The van der Waals surface area contributed by atoms with Gasteiger partial charge in [-0.25, -0.2) is 4.79 Å². The lowest BCUT2D eigenvalue weighted by Gasteiger charge is -2.16. The van der Waals surface area contributed by atoms with Gasteiger partial charge in [-0.2, -0.15) is 11.8 Å². The summed E-state index contributed by atoms with van der Waals surface area (Å²) in [5.74, 6) is 0.860. The number of amides is 3. The van der Waals surface area contributed by atoms with Crippen LogP contribution in [0.2, 0.25) is 0 Å². The third-order valence-electron chi connectivity index (χ3n) is 4.55. The van der Waals surface area contributed by atoms with Crippen LogP contribution in [0.4, 0.5) is 10.5 Å². The van der Waals surface area contributed by atoms with Crippen LogP contribution in [-0.4, -0.2) is 52.2 Å². The molecule has 2 aliphatic rings. The molecule has 134 valence electrons. The van der Waals surface area contributed by atoms with E-state index in [2.05, 4.69) is 16.0 Å². The SMILES string of the molecule is O=C(CCCC[C@@H]1SC[C@@H]2NC(=O)N[C@@H]21)Nc1cccc(B(O)O)c1. The summed E-state index contributed by atoms with van der Waals surface area (Å²) in [4.78, 5) is 23.4. The van der Waals surface area contributed by atoms with Crippen LogP contribution >= 0.6 is 11.8 Å². The Morgan fingerprint density at radius 3 is 2.96 bits per heavy atom. The highest BCUT2D eigenvalue weighted by molar-refractivity contribution is 8.00. The molecule has 3 atom stereocenters. The van der Waals surface area contributed by atoms with Crippen LogP contribution in [0.5, 0.6) is 0 Å². The van der Waals surface area contributed by atoms with Gasteiger partial charge in [0.25, 0.3) is 0 Å². The molecule has 0 saturated carbocycles. The zero-order valence-electron chi connectivity index (χ0n) is 13.8. The molecule has 25 heavy (non-hydrogen) atoms. The molecule has 5 N–H and O–H groups in total. The van der Waals surface area contributed by atoms with Gasteiger partial charge < -0.3 is 26.0 Å². The van der Waals surface area contributed by atoms with E-state index < -0.39 is 7.12 Å². The zero-order valence-corrected chi connectivity index (χ0v) is 14.6. The fraction of sp³-hybridized carbons (Fsp3) is 0.500. The smallest absolute Gasteiger partial charge is 0.423 e. The number of carbonyl (C=O) groups is 2. The zero-order chi connectivity index (χ0) is 17.8. The predicted molar refractivity (Wildman–Crippen MR) is 98.9 cm³/mol. The van der Waals surface area contributed by atoms with Crippen molar-refractivity contribution in [2.45, 2.75) is 43.0 Å². The Balaban J connectivity index is 1.37. The lowest BCUT2D eigenvalue weighted by Crippen LogP contribution is -2.36. The van der Waals surface area contributed by atoms with Gasteiger partial charge in [-0.1, -0.05) is 18.6 Å². The lowest BCUT2D eigenvalue weighted by molar-refractivity contribution is -0.116. The maximum Gasteiger partial charge on any atom is 0.488 e. The van der Waals surface area contributed by atoms with Gasteiger partial charge in [-0.05, 0) is 30.4 Å². The first kappa shape index (κ1) is 18.1. The van der Waals surface area contributed by atoms with Crippen molar-refractivity contribution >= 4 is 42.0 Å². The Labute approximate surface area is 151 Å². The van der Waals surface area contributed by atoms with Crippen LogP contribution in [-0.2, 0) is 4.79 Å². The third kappa shape index (κ3) is 4.68. The van der Waals surface area contributed by atoms with Crippen LogP contribution in [0.15, 0.2) is 24.3 Å². The van der Waals surface area contributed by atoms with Crippen LogP contribution in [0.3, 0.4) is 0 Å². The number of fused-ring (bicyclic) bond motifs is 1. The van der Waals surface area contributed by atoms with Crippen molar-refractivity contribution in [3.05, 3.63) is 24.3 Å². The van der Waals surface area contributed by atoms with Gasteiger partial charge >= 0.3 is 13.1 Å². The second-order valence-corrected chi connectivity index (χ2v) is 7.69. The Morgan fingerprint density at radius 2 is 2.16 bits per heavy atom. The molecular weight excluding hydrogens is 341 g/mol. The number of nitrogens with one attached hydrogen (secondary N) is 3. The molecule has 2 aliphatic heterocycles. The Kier molecular flexibility index (Phi) is 5.87. The monoisotopic (exact) mass is 363 g/mol. The molecule has 2 fully saturated rings. The van der Waals surface area contributed by atoms with Gasteiger partial charge in [0.15, 0.2) is 0 Å². The van der Waals surface area contributed by atoms with E-state index in [1.165, 1.54) is 0 Å². The Hall–Kier alpha value is -1.71. The average molecular weight is 363 g/mol. The second kappa shape index (κ2) is 8.12. The van der Waals surface area contributed by atoms with Crippen molar-refractivity contribution in [2.75, 3.05) is 11.1 Å². The van der Waals surface area contributed by atoms with Crippen molar-refractivity contribution in [3.8, 4) is 0 Å². The van der Waals surface area contributed by atoms with E-state index >= 15 is 0 Å². The minimum absolute atomic E-state index is 0.0742. The highest BCUT2D eigenvalue weighted by Crippen LogP contribution is 2.33. The van der Waals surface area contributed by atoms with Gasteiger partial charge in [0.05, 0.1) is 12.1 Å². The largest absolute Gasteiger partial charge is 0.488 e. The molecule has 0 unspecified atom stereocenters. The number of hydrogen-bond acceptors (Lipinski definition) is 5. The van der Waals surface area contributed by atoms with Gasteiger partial charge in [-0.3, -0.25) is 4.79 Å². The van der Waals surface area contributed by atoms with E-state index in [0.29, 0.717) is 22.8 Å². The molecule has 1 aromatic carbocycles. The van der Waals surface area contributed by atoms with E-state index in [9.17, 15) is 9.59 Å². The molecule has 0 bridgehead atoms. The first-order valence-corrected chi connectivity index (χ1v) is 9.52. The maximum atomic E-state index is 12.0. The number of carbonyl (C=O) groups excluding carboxylic acids is 2. The second-order valence-electron chi connectivity index (χ2n) is 6.41. The molecular formula is C16H22BN3O4S. The highest BCUT2D eigenvalue weighted by Gasteiger charge is 2.42. The quantitative estimate of drug-likeness (QED) is 0.267. The number of thioether (sulfide) groups is 1. The molecule has 0 spiro atoms. The van der Waals surface area contributed by atoms with Gasteiger partial charge in [0.1, 0.15) is 0 Å². The number of benzene rings is 1.